The zero-order valence-electron chi connectivity index (χ0n) is 22.8. The first-order valence-corrected chi connectivity index (χ1v) is 14.6. The molecule has 1 saturated carbocycles. The van der Waals surface area contributed by atoms with Crippen LogP contribution in [0.25, 0.3) is 10.8 Å². The molecule has 218 valence electrons. The minimum absolute atomic E-state index is 0.0264. The molecule has 4 aliphatic rings. The van der Waals surface area contributed by atoms with Gasteiger partial charge in [0.25, 0.3) is 11.8 Å². The van der Waals surface area contributed by atoms with Crippen molar-refractivity contribution in [2.75, 3.05) is 11.9 Å². The summed E-state index contributed by atoms with van der Waals surface area (Å²) in [6, 6.07) is 16.1. The van der Waals surface area contributed by atoms with E-state index < -0.39 is 64.2 Å². The van der Waals surface area contributed by atoms with Gasteiger partial charge in [0.2, 0.25) is 11.8 Å². The molecule has 0 bridgehead atoms. The van der Waals surface area contributed by atoms with Crippen LogP contribution in [0.15, 0.2) is 72.3 Å². The van der Waals surface area contributed by atoms with Crippen LogP contribution in [0.5, 0.6) is 5.75 Å². The first-order chi connectivity index (χ1) is 20.4. The Morgan fingerprint density at radius 3 is 2.33 bits per heavy atom. The molecule has 7 rings (SSSR count). The second kappa shape index (κ2) is 9.40. The van der Waals surface area contributed by atoms with Gasteiger partial charge in [-0.1, -0.05) is 54.1 Å². The fraction of sp³-hybridized carbons (Fsp3) is 0.290. The number of nitrogens with zero attached hydrogens (tertiary/aromatic N) is 2. The molecule has 2 saturated heterocycles. The van der Waals surface area contributed by atoms with Gasteiger partial charge in [0.05, 0.1) is 17.5 Å². The average Bonchev–Trinajstić information content (AvgIpc) is 3.33. The van der Waals surface area contributed by atoms with Gasteiger partial charge in [0, 0.05) is 18.4 Å². The highest BCUT2D eigenvalue weighted by atomic mass is 35.5. The van der Waals surface area contributed by atoms with Crippen LogP contribution in [0, 0.1) is 17.8 Å². The third kappa shape index (κ3) is 3.55. The van der Waals surface area contributed by atoms with Gasteiger partial charge >= 0.3 is 7.12 Å². The summed E-state index contributed by atoms with van der Waals surface area (Å²) < 4.78 is 0. The number of phenols is 1. The maximum atomic E-state index is 14.2. The fourth-order valence-corrected chi connectivity index (χ4v) is 8.74. The molecule has 2 aliphatic heterocycles. The van der Waals surface area contributed by atoms with E-state index in [4.69, 9.17) is 23.2 Å². The second-order valence-electron chi connectivity index (χ2n) is 11.7. The van der Waals surface area contributed by atoms with Crippen LogP contribution in [0.1, 0.15) is 24.3 Å². The number of anilines is 1. The molecule has 0 radical (unpaired) electrons. The third-order valence-electron chi connectivity index (χ3n) is 9.69. The van der Waals surface area contributed by atoms with Crippen LogP contribution in [0.2, 0.25) is 0 Å². The van der Waals surface area contributed by atoms with Crippen LogP contribution in [-0.4, -0.2) is 67.6 Å². The quantitative estimate of drug-likeness (QED) is 0.178. The van der Waals surface area contributed by atoms with Gasteiger partial charge in [-0.3, -0.25) is 29.0 Å². The van der Waals surface area contributed by atoms with E-state index in [0.29, 0.717) is 21.9 Å². The maximum Gasteiger partial charge on any atom is 0.488 e. The number of rotatable bonds is 3. The number of phenolic OH excluding ortho intramolecular Hbond substituents is 1. The minimum atomic E-state index is -1.94. The normalized spacial score (nSPS) is 31.7. The fourth-order valence-electron chi connectivity index (χ4n) is 7.73. The van der Waals surface area contributed by atoms with Gasteiger partial charge in [-0.15, -0.1) is 23.2 Å². The summed E-state index contributed by atoms with van der Waals surface area (Å²) >= 11 is 14.5. The molecule has 2 aliphatic carbocycles. The Labute approximate surface area is 256 Å². The molecule has 0 spiro atoms. The highest BCUT2D eigenvalue weighted by Crippen LogP contribution is 2.66. The lowest BCUT2D eigenvalue weighted by Gasteiger charge is -2.51. The number of fused-ring (bicyclic) bond motifs is 5. The minimum Gasteiger partial charge on any atom is -0.507 e. The van der Waals surface area contributed by atoms with Gasteiger partial charge < -0.3 is 15.2 Å². The molecule has 3 N–H and O–H groups in total. The number of hydrogen-bond acceptors (Lipinski definition) is 7. The first kappa shape index (κ1) is 28.1. The summed E-state index contributed by atoms with van der Waals surface area (Å²) in [5.41, 5.74) is 1.53. The molecule has 6 atom stereocenters. The van der Waals surface area contributed by atoms with E-state index in [9.17, 15) is 34.3 Å². The van der Waals surface area contributed by atoms with Crippen molar-refractivity contribution in [1.29, 1.82) is 0 Å². The van der Waals surface area contributed by atoms with Crippen molar-refractivity contribution < 1.29 is 34.3 Å². The van der Waals surface area contributed by atoms with E-state index in [-0.39, 0.29) is 29.7 Å². The van der Waals surface area contributed by atoms with Crippen molar-refractivity contribution in [3.63, 3.8) is 0 Å². The van der Waals surface area contributed by atoms with Crippen molar-refractivity contribution >= 4 is 75.9 Å². The van der Waals surface area contributed by atoms with Gasteiger partial charge in [-0.05, 0) is 53.4 Å². The van der Waals surface area contributed by atoms with Gasteiger partial charge in [-0.2, -0.15) is 0 Å². The molecule has 2 heterocycles. The standard InChI is InChI=1S/C31H25BCl2N2O7/c1-35-28(40)30(33)14-22-20(25(31(30,34)29(35)41)19-11-12-23(37)18-8-3-2-7-17(18)19)9-10-21-24(22)27(39)36(26(21)38)16-6-4-5-15(13-16)32(42)43/h2-9,11-13,21-22,24-25,37,42-43H,10,14H2,1H3/t21-,22+,24-,25-,30+,31-/m0/s1. The Hall–Kier alpha value is -3.70. The molecule has 0 unspecified atom stereocenters. The van der Waals surface area contributed by atoms with E-state index in [1.807, 2.05) is 6.08 Å². The van der Waals surface area contributed by atoms with Crippen LogP contribution in [0.3, 0.4) is 0 Å². The largest absolute Gasteiger partial charge is 0.507 e. The summed E-state index contributed by atoms with van der Waals surface area (Å²) in [6.07, 6.45) is 1.89. The number of alkyl halides is 2. The van der Waals surface area contributed by atoms with E-state index in [2.05, 4.69) is 0 Å². The molecule has 3 aromatic rings. The van der Waals surface area contributed by atoms with Crippen LogP contribution < -0.4 is 10.4 Å². The van der Waals surface area contributed by atoms with Crippen molar-refractivity contribution in [3.8, 4) is 5.75 Å². The van der Waals surface area contributed by atoms with Crippen molar-refractivity contribution in [3.05, 3.63) is 77.9 Å². The molecule has 4 amide bonds. The molecule has 3 fully saturated rings. The van der Waals surface area contributed by atoms with Crippen LogP contribution in [-0.2, 0) is 19.2 Å². The summed E-state index contributed by atoms with van der Waals surface area (Å²) in [5, 5.41) is 31.1. The number of carbonyl (C=O) groups excluding carboxylic acids is 4. The number of benzene rings is 3. The Bertz CT molecular complexity index is 1810. The molecule has 3 aromatic carbocycles. The Morgan fingerprint density at radius 2 is 1.60 bits per heavy atom. The highest BCUT2D eigenvalue weighted by Gasteiger charge is 2.76. The highest BCUT2D eigenvalue weighted by molar-refractivity contribution is 6.58. The predicted octanol–water partition coefficient (Wildman–Crippen LogP) is 2.42. The first-order valence-electron chi connectivity index (χ1n) is 13.9. The van der Waals surface area contributed by atoms with E-state index in [1.54, 1.807) is 36.4 Å². The number of allylic oxidation sites excluding steroid dienone is 2. The Balaban J connectivity index is 1.42. The number of aromatic hydroxyl groups is 1. The summed E-state index contributed by atoms with van der Waals surface area (Å²) in [5.74, 6) is -5.58. The van der Waals surface area contributed by atoms with E-state index in [0.717, 1.165) is 9.80 Å². The average molecular weight is 619 g/mol. The molecular formula is C31H25BCl2N2O7. The SMILES string of the molecule is CN1C(=O)[C@]2(Cl)C[C@@H]3C(=CC[C@@H]4C(=O)N(c5cccc(B(O)O)c5)C(=O)[C@@H]43)[C@H](c3ccc(O)c4ccccc34)[C@]2(Cl)C1=O. The monoisotopic (exact) mass is 618 g/mol. The number of hydrogen-bond donors (Lipinski definition) is 3. The number of amides is 4. The predicted molar refractivity (Wildman–Crippen MR) is 160 cm³/mol. The number of halogens is 2. The Morgan fingerprint density at radius 1 is 0.884 bits per heavy atom. The molecule has 0 aromatic heterocycles. The summed E-state index contributed by atoms with van der Waals surface area (Å²) in [6.45, 7) is 0. The van der Waals surface area contributed by atoms with Crippen molar-refractivity contribution in [1.82, 2.24) is 4.90 Å². The number of carbonyl (C=O) groups is 4. The summed E-state index contributed by atoms with van der Waals surface area (Å²) in [4.78, 5) is 53.6. The van der Waals surface area contributed by atoms with Crippen LogP contribution >= 0.6 is 23.2 Å². The Kier molecular flexibility index (Phi) is 6.14. The van der Waals surface area contributed by atoms with Gasteiger partial charge in [-0.25, -0.2) is 0 Å². The molecular weight excluding hydrogens is 594 g/mol. The van der Waals surface area contributed by atoms with Crippen molar-refractivity contribution in [2.45, 2.75) is 28.5 Å². The second-order valence-corrected chi connectivity index (χ2v) is 12.9. The third-order valence-corrected chi connectivity index (χ3v) is 11.1. The zero-order valence-corrected chi connectivity index (χ0v) is 24.3. The van der Waals surface area contributed by atoms with E-state index in [1.165, 1.54) is 31.3 Å². The summed E-state index contributed by atoms with van der Waals surface area (Å²) in [7, 11) is -0.461. The topological polar surface area (TPSA) is 135 Å². The van der Waals surface area contributed by atoms with Gasteiger partial charge in [0.1, 0.15) is 5.75 Å². The smallest absolute Gasteiger partial charge is 0.488 e. The molecule has 43 heavy (non-hydrogen) atoms. The lowest BCUT2D eigenvalue weighted by atomic mass is 9.56. The van der Waals surface area contributed by atoms with Gasteiger partial charge in [0.15, 0.2) is 9.75 Å². The lowest BCUT2D eigenvalue weighted by Crippen LogP contribution is -2.60. The maximum absolute atomic E-state index is 14.2. The lowest BCUT2D eigenvalue weighted by molar-refractivity contribution is -0.138. The van der Waals surface area contributed by atoms with Crippen molar-refractivity contribution in [2.24, 2.45) is 17.8 Å². The molecule has 9 nitrogen and oxygen atoms in total. The number of likely N-dealkylation sites (tertiary alicyclic amines) is 1. The van der Waals surface area contributed by atoms with Crippen LogP contribution in [0.4, 0.5) is 5.69 Å². The van der Waals surface area contributed by atoms with E-state index >= 15 is 0 Å². The molecule has 12 heteroatoms. The zero-order chi connectivity index (χ0) is 30.6. The number of imide groups is 2.